The third-order valence-corrected chi connectivity index (χ3v) is 7.14. The Labute approximate surface area is 213 Å². The molecule has 1 heterocycles. The molecule has 5 heteroatoms. The highest BCUT2D eigenvalue weighted by Crippen LogP contribution is 2.39. The SMILES string of the molecule is Cc1cccc(C)c1C(=O)N1CCC[C@H](C(=O)Nc2cccc(C(C)(C)C)c2)C1c1ccccc1F. The largest absolute Gasteiger partial charge is 0.331 e. The smallest absolute Gasteiger partial charge is 0.254 e. The minimum atomic E-state index is -0.697. The fraction of sp³-hybridized carbons (Fsp3) is 0.355. The van der Waals surface area contributed by atoms with Gasteiger partial charge in [0.15, 0.2) is 0 Å². The molecule has 36 heavy (non-hydrogen) atoms. The Morgan fingerprint density at radius 1 is 0.944 bits per heavy atom. The van der Waals surface area contributed by atoms with E-state index in [1.54, 1.807) is 23.1 Å². The van der Waals surface area contributed by atoms with Crippen molar-refractivity contribution in [3.05, 3.63) is 100 Å². The first-order chi connectivity index (χ1) is 17.1. The van der Waals surface area contributed by atoms with E-state index in [4.69, 9.17) is 0 Å². The normalized spacial score (nSPS) is 18.1. The molecule has 2 atom stereocenters. The number of nitrogens with zero attached hydrogens (tertiary/aromatic N) is 1. The van der Waals surface area contributed by atoms with Crippen LogP contribution in [0.2, 0.25) is 0 Å². The second-order valence-electron chi connectivity index (χ2n) is 10.8. The summed E-state index contributed by atoms with van der Waals surface area (Å²) >= 11 is 0. The van der Waals surface area contributed by atoms with Crippen molar-refractivity contribution >= 4 is 17.5 Å². The van der Waals surface area contributed by atoms with Crippen molar-refractivity contribution in [1.82, 2.24) is 4.90 Å². The van der Waals surface area contributed by atoms with Crippen molar-refractivity contribution in [1.29, 1.82) is 0 Å². The van der Waals surface area contributed by atoms with Crippen molar-refractivity contribution in [3.8, 4) is 0 Å². The number of nitrogens with one attached hydrogen (secondary N) is 1. The number of hydrogen-bond acceptors (Lipinski definition) is 2. The first kappa shape index (κ1) is 25.6. The highest BCUT2D eigenvalue weighted by molar-refractivity contribution is 5.99. The van der Waals surface area contributed by atoms with E-state index < -0.39 is 17.8 Å². The van der Waals surface area contributed by atoms with E-state index in [0.29, 0.717) is 36.2 Å². The third-order valence-electron chi connectivity index (χ3n) is 7.14. The highest BCUT2D eigenvalue weighted by Gasteiger charge is 2.41. The van der Waals surface area contributed by atoms with E-state index in [9.17, 15) is 9.59 Å². The Bertz CT molecular complexity index is 1260. The molecule has 0 spiro atoms. The molecule has 4 nitrogen and oxygen atoms in total. The van der Waals surface area contributed by atoms with Crippen LogP contribution in [0.3, 0.4) is 0 Å². The predicted octanol–water partition coefficient (Wildman–Crippen LogP) is 6.97. The minimum Gasteiger partial charge on any atom is -0.331 e. The van der Waals surface area contributed by atoms with E-state index in [-0.39, 0.29) is 17.2 Å². The molecule has 4 rings (SSSR count). The maximum atomic E-state index is 15.1. The van der Waals surface area contributed by atoms with Crippen molar-refractivity contribution in [2.24, 2.45) is 5.92 Å². The van der Waals surface area contributed by atoms with E-state index in [1.165, 1.54) is 6.07 Å². The monoisotopic (exact) mass is 486 g/mol. The average molecular weight is 487 g/mol. The fourth-order valence-electron chi connectivity index (χ4n) is 5.19. The van der Waals surface area contributed by atoms with Crippen LogP contribution in [-0.4, -0.2) is 23.3 Å². The molecule has 0 radical (unpaired) electrons. The molecule has 1 fully saturated rings. The van der Waals surface area contributed by atoms with Crippen LogP contribution >= 0.6 is 0 Å². The van der Waals surface area contributed by atoms with E-state index in [1.807, 2.05) is 56.3 Å². The summed E-state index contributed by atoms with van der Waals surface area (Å²) in [6, 6.07) is 19.4. The first-order valence-electron chi connectivity index (χ1n) is 12.6. The number of likely N-dealkylation sites (tertiary alicyclic amines) is 1. The summed E-state index contributed by atoms with van der Waals surface area (Å²) in [5.74, 6) is -1.35. The number of carbonyl (C=O) groups excluding carboxylic acids is 2. The summed E-state index contributed by atoms with van der Waals surface area (Å²) in [6.45, 7) is 10.7. The lowest BCUT2D eigenvalue weighted by molar-refractivity contribution is -0.123. The summed E-state index contributed by atoms with van der Waals surface area (Å²) in [7, 11) is 0. The maximum Gasteiger partial charge on any atom is 0.254 e. The van der Waals surface area contributed by atoms with Gasteiger partial charge in [0.2, 0.25) is 5.91 Å². The maximum absolute atomic E-state index is 15.1. The van der Waals surface area contributed by atoms with Crippen LogP contribution in [0.1, 0.15) is 72.3 Å². The van der Waals surface area contributed by atoms with Crippen molar-refractivity contribution in [3.63, 3.8) is 0 Å². The van der Waals surface area contributed by atoms with Gasteiger partial charge in [0.25, 0.3) is 5.91 Å². The Morgan fingerprint density at radius 2 is 1.61 bits per heavy atom. The molecule has 188 valence electrons. The van der Waals surface area contributed by atoms with Crippen LogP contribution in [0.15, 0.2) is 66.7 Å². The molecular formula is C31H35FN2O2. The molecule has 1 aliphatic heterocycles. The van der Waals surface area contributed by atoms with Crippen LogP contribution in [0, 0.1) is 25.6 Å². The third kappa shape index (κ3) is 5.20. The van der Waals surface area contributed by atoms with E-state index in [2.05, 4.69) is 26.1 Å². The van der Waals surface area contributed by atoms with Gasteiger partial charge in [-0.05, 0) is 67.0 Å². The molecular weight excluding hydrogens is 451 g/mol. The van der Waals surface area contributed by atoms with Crippen molar-refractivity contribution in [2.75, 3.05) is 11.9 Å². The summed E-state index contributed by atoms with van der Waals surface area (Å²) in [5.41, 5.74) is 4.50. The number of aryl methyl sites for hydroxylation is 2. The van der Waals surface area contributed by atoms with Gasteiger partial charge >= 0.3 is 0 Å². The Hall–Kier alpha value is -3.47. The van der Waals surface area contributed by atoms with E-state index >= 15 is 4.39 Å². The molecule has 3 aromatic rings. The molecule has 3 aromatic carbocycles. The topological polar surface area (TPSA) is 49.4 Å². The molecule has 1 N–H and O–H groups in total. The summed E-state index contributed by atoms with van der Waals surface area (Å²) in [5, 5.41) is 3.07. The molecule has 1 unspecified atom stereocenters. The number of amides is 2. The Morgan fingerprint density at radius 3 is 2.28 bits per heavy atom. The number of hydrogen-bond donors (Lipinski definition) is 1. The Balaban J connectivity index is 1.72. The van der Waals surface area contributed by atoms with Crippen molar-refractivity contribution in [2.45, 2.75) is 58.9 Å². The fourth-order valence-corrected chi connectivity index (χ4v) is 5.19. The van der Waals surface area contributed by atoms with E-state index in [0.717, 1.165) is 16.7 Å². The molecule has 0 bridgehead atoms. The highest BCUT2D eigenvalue weighted by atomic mass is 19.1. The summed E-state index contributed by atoms with van der Waals surface area (Å²) in [6.07, 6.45) is 1.24. The quantitative estimate of drug-likeness (QED) is 0.433. The lowest BCUT2D eigenvalue weighted by Gasteiger charge is -2.41. The predicted molar refractivity (Wildman–Crippen MR) is 143 cm³/mol. The number of benzene rings is 3. The summed E-state index contributed by atoms with van der Waals surface area (Å²) < 4.78 is 15.1. The number of halogens is 1. The number of anilines is 1. The molecule has 1 aliphatic rings. The minimum absolute atomic E-state index is 0.0596. The van der Waals surface area contributed by atoms with Gasteiger partial charge in [-0.25, -0.2) is 4.39 Å². The lowest BCUT2D eigenvalue weighted by atomic mass is 9.82. The van der Waals surface area contributed by atoms with Crippen LogP contribution in [0.4, 0.5) is 10.1 Å². The van der Waals surface area contributed by atoms with Crippen LogP contribution in [-0.2, 0) is 10.2 Å². The van der Waals surface area contributed by atoms with Gasteiger partial charge in [0.1, 0.15) is 5.82 Å². The van der Waals surface area contributed by atoms with Gasteiger partial charge in [-0.15, -0.1) is 0 Å². The molecule has 0 aliphatic carbocycles. The lowest BCUT2D eigenvalue weighted by Crippen LogP contribution is -2.47. The zero-order valence-corrected chi connectivity index (χ0v) is 21.8. The standard InChI is InChI=1S/C31H35FN2O2/c1-20-11-8-12-21(2)27(20)30(36)34-18-10-16-25(28(34)24-15-6-7-17-26(24)32)29(35)33-23-14-9-13-22(19-23)31(3,4)5/h6-9,11-15,17,19,25,28H,10,16,18H2,1-5H3,(H,33,35)/t25-,28?/m0/s1. The van der Waals surface area contributed by atoms with Gasteiger partial charge in [-0.3, -0.25) is 9.59 Å². The second-order valence-corrected chi connectivity index (χ2v) is 10.8. The zero-order valence-electron chi connectivity index (χ0n) is 21.8. The average Bonchev–Trinajstić information content (AvgIpc) is 2.83. The van der Waals surface area contributed by atoms with Crippen molar-refractivity contribution < 1.29 is 14.0 Å². The first-order valence-corrected chi connectivity index (χ1v) is 12.6. The van der Waals surface area contributed by atoms with Gasteiger partial charge < -0.3 is 10.2 Å². The number of piperidine rings is 1. The summed E-state index contributed by atoms with van der Waals surface area (Å²) in [4.78, 5) is 29.3. The number of rotatable bonds is 4. The molecule has 0 saturated carbocycles. The zero-order chi connectivity index (χ0) is 26.0. The second kappa shape index (κ2) is 10.3. The van der Waals surface area contributed by atoms with Crippen LogP contribution in [0.5, 0.6) is 0 Å². The molecule has 2 amide bonds. The van der Waals surface area contributed by atoms with Gasteiger partial charge in [0, 0.05) is 23.4 Å². The molecule has 0 aromatic heterocycles. The number of carbonyl (C=O) groups is 2. The molecule has 1 saturated heterocycles. The van der Waals surface area contributed by atoms with Gasteiger partial charge in [-0.1, -0.05) is 69.3 Å². The van der Waals surface area contributed by atoms with Crippen LogP contribution in [0.25, 0.3) is 0 Å². The van der Waals surface area contributed by atoms with Crippen LogP contribution < -0.4 is 5.32 Å². The Kier molecular flexibility index (Phi) is 7.30. The van der Waals surface area contributed by atoms with Gasteiger partial charge in [-0.2, -0.15) is 0 Å². The van der Waals surface area contributed by atoms with Gasteiger partial charge in [0.05, 0.1) is 12.0 Å².